The third-order valence-electron chi connectivity index (χ3n) is 3.72. The second kappa shape index (κ2) is 7.14. The van der Waals surface area contributed by atoms with E-state index < -0.39 is 0 Å². The van der Waals surface area contributed by atoms with Gasteiger partial charge in [0.25, 0.3) is 0 Å². The van der Waals surface area contributed by atoms with Crippen LogP contribution in [0.25, 0.3) is 0 Å². The zero-order valence-corrected chi connectivity index (χ0v) is 11.4. The first-order valence-electron chi connectivity index (χ1n) is 6.75. The Bertz CT molecular complexity index is 232. The van der Waals surface area contributed by atoms with Crippen LogP contribution in [-0.2, 0) is 4.74 Å². The number of hydrogen-bond donors (Lipinski definition) is 2. The first-order valence-corrected chi connectivity index (χ1v) is 6.75. The van der Waals surface area contributed by atoms with Gasteiger partial charge in [-0.05, 0) is 38.5 Å². The summed E-state index contributed by atoms with van der Waals surface area (Å²) in [5, 5.41) is 3.60. The molecule has 1 aliphatic rings. The molecule has 0 aromatic heterocycles. The van der Waals surface area contributed by atoms with Gasteiger partial charge in [0.2, 0.25) is 0 Å². The molecule has 0 bridgehead atoms. The van der Waals surface area contributed by atoms with Gasteiger partial charge < -0.3 is 15.8 Å². The molecule has 0 heterocycles. The lowest BCUT2D eigenvalue weighted by Crippen LogP contribution is -2.54. The molecule has 0 aromatic rings. The zero-order chi connectivity index (χ0) is 12.7. The molecular weight excluding hydrogens is 212 g/mol. The maximum atomic E-state index is 5.93. The lowest BCUT2D eigenvalue weighted by molar-refractivity contribution is 0.134. The number of nitrogens with two attached hydrogens (primary N) is 1. The number of hydrogen-bond acceptors (Lipinski definition) is 3. The van der Waals surface area contributed by atoms with Gasteiger partial charge >= 0.3 is 0 Å². The Morgan fingerprint density at radius 2 is 2.12 bits per heavy atom. The van der Waals surface area contributed by atoms with Crippen molar-refractivity contribution >= 4 is 0 Å². The maximum absolute atomic E-state index is 5.93. The minimum atomic E-state index is 0.166. The fourth-order valence-electron chi connectivity index (χ4n) is 2.40. The average Bonchev–Trinajstić information content (AvgIpc) is 2.31. The SMILES string of the molecule is C=C(C)COCCNC1(CN)CCC(C)CC1. The van der Waals surface area contributed by atoms with Crippen LogP contribution in [0.15, 0.2) is 12.2 Å². The van der Waals surface area contributed by atoms with Crippen LogP contribution >= 0.6 is 0 Å². The minimum Gasteiger partial charge on any atom is -0.376 e. The Kier molecular flexibility index (Phi) is 6.17. The highest BCUT2D eigenvalue weighted by atomic mass is 16.5. The normalized spacial score (nSPS) is 29.2. The van der Waals surface area contributed by atoms with Crippen LogP contribution in [0.2, 0.25) is 0 Å². The molecule has 1 saturated carbocycles. The van der Waals surface area contributed by atoms with Crippen molar-refractivity contribution in [2.45, 2.75) is 45.1 Å². The van der Waals surface area contributed by atoms with Gasteiger partial charge in [-0.25, -0.2) is 0 Å². The summed E-state index contributed by atoms with van der Waals surface area (Å²) in [6.45, 7) is 11.2. The Morgan fingerprint density at radius 3 is 2.65 bits per heavy atom. The highest BCUT2D eigenvalue weighted by molar-refractivity contribution is 4.93. The molecule has 0 amide bonds. The fraction of sp³-hybridized carbons (Fsp3) is 0.857. The molecule has 0 atom stereocenters. The number of ether oxygens (including phenoxy) is 1. The highest BCUT2D eigenvalue weighted by Gasteiger charge is 2.31. The third kappa shape index (κ3) is 5.19. The maximum Gasteiger partial charge on any atom is 0.0672 e. The first-order chi connectivity index (χ1) is 8.08. The summed E-state index contributed by atoms with van der Waals surface area (Å²) in [5.74, 6) is 0.858. The van der Waals surface area contributed by atoms with Gasteiger partial charge in [0.05, 0.1) is 13.2 Å². The summed E-state index contributed by atoms with van der Waals surface area (Å²) in [6.07, 6.45) is 4.98. The summed E-state index contributed by atoms with van der Waals surface area (Å²) in [7, 11) is 0. The predicted molar refractivity (Wildman–Crippen MR) is 73.1 cm³/mol. The average molecular weight is 240 g/mol. The van der Waals surface area contributed by atoms with Crippen LogP contribution in [0.1, 0.15) is 39.5 Å². The van der Waals surface area contributed by atoms with E-state index in [2.05, 4.69) is 18.8 Å². The van der Waals surface area contributed by atoms with Crippen molar-refractivity contribution < 1.29 is 4.74 Å². The quantitative estimate of drug-likeness (QED) is 0.529. The van der Waals surface area contributed by atoms with E-state index in [9.17, 15) is 0 Å². The van der Waals surface area contributed by atoms with Gasteiger partial charge in [0.1, 0.15) is 0 Å². The van der Waals surface area contributed by atoms with E-state index in [1.807, 2.05) is 6.92 Å². The van der Waals surface area contributed by atoms with E-state index >= 15 is 0 Å². The van der Waals surface area contributed by atoms with Crippen LogP contribution in [0.3, 0.4) is 0 Å². The van der Waals surface area contributed by atoms with Crippen molar-refractivity contribution in [1.29, 1.82) is 0 Å². The van der Waals surface area contributed by atoms with Crippen LogP contribution in [0, 0.1) is 5.92 Å². The topological polar surface area (TPSA) is 47.3 Å². The van der Waals surface area contributed by atoms with E-state index in [1.165, 1.54) is 25.7 Å². The molecule has 100 valence electrons. The smallest absolute Gasteiger partial charge is 0.0672 e. The monoisotopic (exact) mass is 240 g/mol. The van der Waals surface area contributed by atoms with Crippen molar-refractivity contribution in [2.75, 3.05) is 26.3 Å². The molecule has 3 N–H and O–H groups in total. The van der Waals surface area contributed by atoms with Gasteiger partial charge in [-0.1, -0.05) is 19.1 Å². The molecule has 1 rings (SSSR count). The lowest BCUT2D eigenvalue weighted by atomic mass is 9.77. The van der Waals surface area contributed by atoms with E-state index in [1.54, 1.807) is 0 Å². The lowest BCUT2D eigenvalue weighted by Gasteiger charge is -2.39. The largest absolute Gasteiger partial charge is 0.376 e. The van der Waals surface area contributed by atoms with E-state index in [-0.39, 0.29) is 5.54 Å². The van der Waals surface area contributed by atoms with E-state index in [0.717, 1.165) is 31.2 Å². The Labute approximate surface area is 106 Å². The van der Waals surface area contributed by atoms with Crippen molar-refractivity contribution in [1.82, 2.24) is 5.32 Å². The van der Waals surface area contributed by atoms with Crippen molar-refractivity contribution in [2.24, 2.45) is 11.7 Å². The summed E-state index contributed by atoms with van der Waals surface area (Å²) >= 11 is 0. The predicted octanol–water partition coefficient (Wildman–Crippen LogP) is 2.08. The second-order valence-corrected chi connectivity index (χ2v) is 5.60. The zero-order valence-electron chi connectivity index (χ0n) is 11.4. The first kappa shape index (κ1) is 14.7. The van der Waals surface area contributed by atoms with Gasteiger partial charge in [-0.2, -0.15) is 0 Å². The van der Waals surface area contributed by atoms with Gasteiger partial charge in [0.15, 0.2) is 0 Å². The van der Waals surface area contributed by atoms with Crippen molar-refractivity contribution in [3.63, 3.8) is 0 Å². The third-order valence-corrected chi connectivity index (χ3v) is 3.72. The van der Waals surface area contributed by atoms with E-state index in [0.29, 0.717) is 6.61 Å². The molecule has 17 heavy (non-hydrogen) atoms. The molecule has 0 aromatic carbocycles. The van der Waals surface area contributed by atoms with Gasteiger partial charge in [-0.3, -0.25) is 0 Å². The van der Waals surface area contributed by atoms with Crippen LogP contribution in [0.5, 0.6) is 0 Å². The highest BCUT2D eigenvalue weighted by Crippen LogP contribution is 2.30. The molecule has 0 unspecified atom stereocenters. The van der Waals surface area contributed by atoms with Crippen molar-refractivity contribution in [3.8, 4) is 0 Å². The Hall–Kier alpha value is -0.380. The Balaban J connectivity index is 2.20. The molecule has 3 nitrogen and oxygen atoms in total. The van der Waals surface area contributed by atoms with Crippen LogP contribution in [-0.4, -0.2) is 31.8 Å². The van der Waals surface area contributed by atoms with E-state index in [4.69, 9.17) is 10.5 Å². The molecule has 1 aliphatic carbocycles. The fourth-order valence-corrected chi connectivity index (χ4v) is 2.40. The van der Waals surface area contributed by atoms with Gasteiger partial charge in [-0.15, -0.1) is 0 Å². The molecule has 0 saturated heterocycles. The molecule has 0 aliphatic heterocycles. The van der Waals surface area contributed by atoms with Crippen LogP contribution in [0.4, 0.5) is 0 Å². The standard InChI is InChI=1S/C14H28N2O/c1-12(2)10-17-9-8-16-14(11-15)6-4-13(3)5-7-14/h13,16H,1,4-11,15H2,2-3H3. The molecule has 0 spiro atoms. The number of rotatable bonds is 7. The summed E-state index contributed by atoms with van der Waals surface area (Å²) in [5.41, 5.74) is 7.17. The van der Waals surface area contributed by atoms with Crippen molar-refractivity contribution in [3.05, 3.63) is 12.2 Å². The van der Waals surface area contributed by atoms with Gasteiger partial charge in [0, 0.05) is 18.6 Å². The summed E-state index contributed by atoms with van der Waals surface area (Å²) < 4.78 is 5.49. The summed E-state index contributed by atoms with van der Waals surface area (Å²) in [6, 6.07) is 0. The molecule has 1 fully saturated rings. The second-order valence-electron chi connectivity index (χ2n) is 5.60. The van der Waals surface area contributed by atoms with Crippen LogP contribution < -0.4 is 11.1 Å². The minimum absolute atomic E-state index is 0.166. The molecular formula is C14H28N2O. The summed E-state index contributed by atoms with van der Waals surface area (Å²) in [4.78, 5) is 0. The molecule has 3 heteroatoms. The number of nitrogens with one attached hydrogen (secondary N) is 1. The molecule has 0 radical (unpaired) electrons. The Morgan fingerprint density at radius 1 is 1.47 bits per heavy atom.